The summed E-state index contributed by atoms with van der Waals surface area (Å²) in [5.74, 6) is 0.0919. The van der Waals surface area contributed by atoms with Gasteiger partial charge in [0.15, 0.2) is 0 Å². The Morgan fingerprint density at radius 2 is 1.93 bits per heavy atom. The van der Waals surface area contributed by atoms with Crippen molar-refractivity contribution in [2.45, 2.75) is 25.6 Å². The lowest BCUT2D eigenvalue weighted by molar-refractivity contribution is -0.155. The molecule has 0 fully saturated rings. The Kier molecular flexibility index (Phi) is 5.75. The maximum Gasteiger partial charge on any atom is 0.329 e. The fourth-order valence-electron chi connectivity index (χ4n) is 3.25. The van der Waals surface area contributed by atoms with Gasteiger partial charge in [-0.05, 0) is 17.7 Å². The molecule has 1 amide bonds. The number of hydrogen-bond donors (Lipinski definition) is 0. The predicted octanol–water partition coefficient (Wildman–Crippen LogP) is 1.01. The lowest BCUT2D eigenvalue weighted by Gasteiger charge is -2.33. The van der Waals surface area contributed by atoms with Gasteiger partial charge < -0.3 is 23.7 Å². The van der Waals surface area contributed by atoms with E-state index >= 15 is 0 Å². The minimum Gasteiger partial charge on any atom is -0.497 e. The molecule has 0 aliphatic carbocycles. The first kappa shape index (κ1) is 18.9. The highest BCUT2D eigenvalue weighted by Gasteiger charge is 2.37. The summed E-state index contributed by atoms with van der Waals surface area (Å²) < 4.78 is 17.0. The molecule has 0 saturated heterocycles. The zero-order valence-corrected chi connectivity index (χ0v) is 15.7. The van der Waals surface area contributed by atoms with Gasteiger partial charge in [0.05, 0.1) is 38.5 Å². The molecule has 8 nitrogen and oxygen atoms in total. The first-order chi connectivity index (χ1) is 13.1. The first-order valence-corrected chi connectivity index (χ1v) is 8.59. The van der Waals surface area contributed by atoms with Gasteiger partial charge in [0.2, 0.25) is 5.91 Å². The van der Waals surface area contributed by atoms with Crippen LogP contribution in [-0.2, 0) is 38.6 Å². The van der Waals surface area contributed by atoms with Gasteiger partial charge in [-0.2, -0.15) is 0 Å². The van der Waals surface area contributed by atoms with Gasteiger partial charge in [0.25, 0.3) is 0 Å². The van der Waals surface area contributed by atoms with Crippen LogP contribution >= 0.6 is 0 Å². The topological polar surface area (TPSA) is 82.9 Å². The van der Waals surface area contributed by atoms with E-state index in [0.29, 0.717) is 13.0 Å². The number of methoxy groups -OCH3 is 3. The van der Waals surface area contributed by atoms with Gasteiger partial charge in [0, 0.05) is 20.1 Å². The molecule has 1 aliphatic rings. The van der Waals surface area contributed by atoms with E-state index in [1.165, 1.54) is 19.1 Å². The molecule has 0 bridgehead atoms. The molecule has 0 N–H and O–H groups in total. The molecular weight excluding hydrogens is 350 g/mol. The van der Waals surface area contributed by atoms with E-state index in [0.717, 1.165) is 22.7 Å². The quantitative estimate of drug-likeness (QED) is 0.703. The number of carbonyl (C=O) groups is 2. The van der Waals surface area contributed by atoms with Crippen LogP contribution in [0.25, 0.3) is 0 Å². The van der Waals surface area contributed by atoms with Crippen LogP contribution in [0.4, 0.5) is 0 Å². The van der Waals surface area contributed by atoms with Crippen LogP contribution in [0, 0.1) is 0 Å². The van der Waals surface area contributed by atoms with Crippen molar-refractivity contribution < 1.29 is 23.8 Å². The summed E-state index contributed by atoms with van der Waals surface area (Å²) in [5, 5.41) is 0. The normalized spacial score (nSPS) is 16.0. The van der Waals surface area contributed by atoms with E-state index in [1.54, 1.807) is 13.4 Å². The van der Waals surface area contributed by atoms with Crippen molar-refractivity contribution >= 4 is 11.9 Å². The van der Waals surface area contributed by atoms with Crippen LogP contribution in [-0.4, -0.2) is 60.3 Å². The molecule has 0 radical (unpaired) electrons. The van der Waals surface area contributed by atoms with Crippen molar-refractivity contribution in [3.05, 3.63) is 47.5 Å². The average Bonchev–Trinajstić information content (AvgIpc) is 3.09. The summed E-state index contributed by atoms with van der Waals surface area (Å²) in [7, 11) is 4.40. The van der Waals surface area contributed by atoms with Crippen LogP contribution in [0.3, 0.4) is 0 Å². The maximum absolute atomic E-state index is 12.5. The predicted molar refractivity (Wildman–Crippen MR) is 96.3 cm³/mol. The third-order valence-electron chi connectivity index (χ3n) is 4.69. The van der Waals surface area contributed by atoms with E-state index in [1.807, 2.05) is 28.8 Å². The molecular formula is C19H23N3O5. The standard InChI is InChI=1S/C19H23N3O5/c1-25-11-18(23)22-10-17-15(8-16(22)19(24)27-3)20-12-21(17)9-13-4-6-14(26-2)7-5-13/h4-7,12,16H,8-11H2,1-3H3/t16-/m0/s1. The van der Waals surface area contributed by atoms with Crippen LogP contribution in [0.15, 0.2) is 30.6 Å². The second kappa shape index (κ2) is 8.22. The SMILES string of the molecule is COCC(=O)N1Cc2c(ncn2Cc2ccc(OC)cc2)C[C@H]1C(=O)OC. The second-order valence-electron chi connectivity index (χ2n) is 6.31. The van der Waals surface area contributed by atoms with Crippen molar-refractivity contribution in [3.63, 3.8) is 0 Å². The molecule has 1 atom stereocenters. The Morgan fingerprint density at radius 3 is 2.56 bits per heavy atom. The number of imidazole rings is 1. The summed E-state index contributed by atoms with van der Waals surface area (Å²) in [6.07, 6.45) is 2.07. The molecule has 144 valence electrons. The molecule has 0 unspecified atom stereocenters. The Labute approximate surface area is 157 Å². The van der Waals surface area contributed by atoms with E-state index in [-0.39, 0.29) is 19.1 Å². The molecule has 1 aromatic carbocycles. The van der Waals surface area contributed by atoms with Crippen molar-refractivity contribution in [3.8, 4) is 5.75 Å². The van der Waals surface area contributed by atoms with Crippen LogP contribution in [0.2, 0.25) is 0 Å². The lowest BCUT2D eigenvalue weighted by Crippen LogP contribution is -2.50. The summed E-state index contributed by atoms with van der Waals surface area (Å²) in [4.78, 5) is 30.6. The highest BCUT2D eigenvalue weighted by molar-refractivity contribution is 5.85. The summed E-state index contributed by atoms with van der Waals surface area (Å²) >= 11 is 0. The summed E-state index contributed by atoms with van der Waals surface area (Å²) in [6.45, 7) is 0.810. The molecule has 3 rings (SSSR count). The molecule has 0 spiro atoms. The molecule has 8 heteroatoms. The van der Waals surface area contributed by atoms with Gasteiger partial charge in [-0.3, -0.25) is 4.79 Å². The number of carbonyl (C=O) groups excluding carboxylic acids is 2. The highest BCUT2D eigenvalue weighted by atomic mass is 16.5. The van der Waals surface area contributed by atoms with Crippen LogP contribution in [0.1, 0.15) is 17.0 Å². The first-order valence-electron chi connectivity index (χ1n) is 8.59. The summed E-state index contributed by atoms with van der Waals surface area (Å²) in [6, 6.07) is 7.09. The number of esters is 1. The fourth-order valence-corrected chi connectivity index (χ4v) is 3.25. The monoisotopic (exact) mass is 373 g/mol. The van der Waals surface area contributed by atoms with Crippen molar-refractivity contribution in [2.24, 2.45) is 0 Å². The number of benzene rings is 1. The number of hydrogen-bond acceptors (Lipinski definition) is 6. The molecule has 1 aromatic heterocycles. The lowest BCUT2D eigenvalue weighted by atomic mass is 10.0. The Hall–Kier alpha value is -2.87. The largest absolute Gasteiger partial charge is 0.497 e. The van der Waals surface area contributed by atoms with Gasteiger partial charge in [-0.25, -0.2) is 9.78 Å². The maximum atomic E-state index is 12.5. The van der Waals surface area contributed by atoms with E-state index in [9.17, 15) is 9.59 Å². The minimum absolute atomic E-state index is 0.0879. The molecule has 27 heavy (non-hydrogen) atoms. The Bertz CT molecular complexity index is 815. The number of aromatic nitrogens is 2. The van der Waals surface area contributed by atoms with Crippen LogP contribution in [0.5, 0.6) is 5.75 Å². The third-order valence-corrected chi connectivity index (χ3v) is 4.69. The van der Waals surface area contributed by atoms with Gasteiger partial charge >= 0.3 is 5.97 Å². The van der Waals surface area contributed by atoms with E-state index in [4.69, 9.17) is 14.2 Å². The molecule has 0 saturated carbocycles. The Balaban J connectivity index is 1.85. The van der Waals surface area contributed by atoms with E-state index < -0.39 is 12.0 Å². The zero-order valence-electron chi connectivity index (χ0n) is 15.7. The second-order valence-corrected chi connectivity index (χ2v) is 6.31. The average molecular weight is 373 g/mol. The van der Waals surface area contributed by atoms with Gasteiger partial charge in [-0.15, -0.1) is 0 Å². The number of nitrogens with zero attached hydrogens (tertiary/aromatic N) is 3. The van der Waals surface area contributed by atoms with Crippen molar-refractivity contribution in [1.82, 2.24) is 14.5 Å². The van der Waals surface area contributed by atoms with Gasteiger partial charge in [0.1, 0.15) is 18.4 Å². The van der Waals surface area contributed by atoms with E-state index in [2.05, 4.69) is 4.98 Å². The zero-order chi connectivity index (χ0) is 19.4. The summed E-state index contributed by atoms with van der Waals surface area (Å²) in [5.41, 5.74) is 2.80. The molecule has 2 aromatic rings. The minimum atomic E-state index is -0.686. The number of fused-ring (bicyclic) bond motifs is 1. The smallest absolute Gasteiger partial charge is 0.329 e. The number of amides is 1. The molecule has 1 aliphatic heterocycles. The van der Waals surface area contributed by atoms with Crippen molar-refractivity contribution in [2.75, 3.05) is 27.9 Å². The third kappa shape index (κ3) is 3.95. The van der Waals surface area contributed by atoms with Crippen LogP contribution < -0.4 is 4.74 Å². The highest BCUT2D eigenvalue weighted by Crippen LogP contribution is 2.25. The molecule has 2 heterocycles. The van der Waals surface area contributed by atoms with Crippen molar-refractivity contribution in [1.29, 1.82) is 0 Å². The van der Waals surface area contributed by atoms with Gasteiger partial charge in [-0.1, -0.05) is 12.1 Å². The number of ether oxygens (including phenoxy) is 3. The fraction of sp³-hybridized carbons (Fsp3) is 0.421. The number of rotatable bonds is 6. The Morgan fingerprint density at radius 1 is 1.19 bits per heavy atom.